The third-order valence-electron chi connectivity index (χ3n) is 2.60. The number of carboxylic acid groups (broad SMARTS) is 1. The zero-order valence-corrected chi connectivity index (χ0v) is 8.98. The molecule has 1 unspecified atom stereocenters. The number of rotatable bonds is 6. The fraction of sp³-hybridized carbons (Fsp3) is 0.800. The summed E-state index contributed by atoms with van der Waals surface area (Å²) >= 11 is 0. The fourth-order valence-electron chi connectivity index (χ4n) is 1.60. The Morgan fingerprint density at radius 3 is 2.53 bits per heavy atom. The molecule has 15 heavy (non-hydrogen) atoms. The number of carbonyl (C=O) groups is 2. The van der Waals surface area contributed by atoms with Gasteiger partial charge in [-0.25, -0.2) is 0 Å². The van der Waals surface area contributed by atoms with E-state index in [0.717, 1.165) is 12.8 Å². The van der Waals surface area contributed by atoms with Crippen molar-refractivity contribution in [1.29, 1.82) is 0 Å². The van der Waals surface area contributed by atoms with Crippen molar-refractivity contribution in [2.45, 2.75) is 44.7 Å². The standard InChI is InChI=1S/C10H18N2O3/c1-2-12(7-3-4-7)10(15)8(11)5-6-9(13)14/h7-8H,2-6,11H2,1H3,(H,13,14). The molecule has 5 heteroatoms. The average Bonchev–Trinajstić information content (AvgIpc) is 2.99. The van der Waals surface area contributed by atoms with Gasteiger partial charge in [-0.3, -0.25) is 9.59 Å². The van der Waals surface area contributed by atoms with E-state index in [1.54, 1.807) is 4.90 Å². The Morgan fingerprint density at radius 2 is 2.13 bits per heavy atom. The van der Waals surface area contributed by atoms with Crippen molar-refractivity contribution in [3.63, 3.8) is 0 Å². The second-order valence-electron chi connectivity index (χ2n) is 3.89. The molecule has 0 saturated heterocycles. The summed E-state index contributed by atoms with van der Waals surface area (Å²) in [5.74, 6) is -1.02. The van der Waals surface area contributed by atoms with Gasteiger partial charge in [-0.05, 0) is 26.2 Å². The number of hydrogen-bond acceptors (Lipinski definition) is 3. The lowest BCUT2D eigenvalue weighted by Crippen LogP contribution is -2.45. The first-order valence-corrected chi connectivity index (χ1v) is 5.34. The summed E-state index contributed by atoms with van der Waals surface area (Å²) in [4.78, 5) is 23.9. The Balaban J connectivity index is 2.39. The van der Waals surface area contributed by atoms with Crippen LogP contribution in [0.4, 0.5) is 0 Å². The molecular formula is C10H18N2O3. The Kier molecular flexibility index (Phi) is 4.08. The first kappa shape index (κ1) is 12.0. The van der Waals surface area contributed by atoms with Gasteiger partial charge < -0.3 is 15.7 Å². The van der Waals surface area contributed by atoms with Gasteiger partial charge in [0.05, 0.1) is 6.04 Å². The SMILES string of the molecule is CCN(C(=O)C(N)CCC(=O)O)C1CC1. The summed E-state index contributed by atoms with van der Waals surface area (Å²) in [6, 6.07) is -0.319. The number of nitrogens with zero attached hydrogens (tertiary/aromatic N) is 1. The summed E-state index contributed by atoms with van der Waals surface area (Å²) in [7, 11) is 0. The number of carboxylic acids is 1. The largest absolute Gasteiger partial charge is 0.481 e. The second-order valence-corrected chi connectivity index (χ2v) is 3.89. The molecule has 1 amide bonds. The lowest BCUT2D eigenvalue weighted by atomic mass is 10.1. The summed E-state index contributed by atoms with van der Waals surface area (Å²) in [5, 5.41) is 8.48. The molecule has 1 saturated carbocycles. The van der Waals surface area contributed by atoms with E-state index in [-0.39, 0.29) is 18.7 Å². The first-order chi connectivity index (χ1) is 7.06. The third kappa shape index (κ3) is 3.51. The number of aliphatic carboxylic acids is 1. The quantitative estimate of drug-likeness (QED) is 0.661. The van der Waals surface area contributed by atoms with Crippen LogP contribution < -0.4 is 5.73 Å². The monoisotopic (exact) mass is 214 g/mol. The van der Waals surface area contributed by atoms with Gasteiger partial charge in [-0.15, -0.1) is 0 Å². The third-order valence-corrected chi connectivity index (χ3v) is 2.60. The van der Waals surface area contributed by atoms with Crippen LogP contribution >= 0.6 is 0 Å². The lowest BCUT2D eigenvalue weighted by molar-refractivity contribution is -0.137. The molecule has 86 valence electrons. The molecular weight excluding hydrogens is 196 g/mol. The number of carbonyl (C=O) groups excluding carboxylic acids is 1. The van der Waals surface area contributed by atoms with Crippen molar-refractivity contribution in [3.8, 4) is 0 Å². The predicted octanol–water partition coefficient (Wildman–Crippen LogP) is 0.189. The second kappa shape index (κ2) is 5.11. The van der Waals surface area contributed by atoms with Crippen molar-refractivity contribution in [2.75, 3.05) is 6.54 Å². The van der Waals surface area contributed by atoms with Crippen LogP contribution in [0.2, 0.25) is 0 Å². The molecule has 0 aromatic rings. The van der Waals surface area contributed by atoms with E-state index < -0.39 is 12.0 Å². The van der Waals surface area contributed by atoms with Gasteiger partial charge in [0.2, 0.25) is 5.91 Å². The number of hydrogen-bond donors (Lipinski definition) is 2. The molecule has 1 aliphatic carbocycles. The maximum absolute atomic E-state index is 11.8. The minimum atomic E-state index is -0.910. The van der Waals surface area contributed by atoms with Gasteiger partial charge in [-0.1, -0.05) is 0 Å². The highest BCUT2D eigenvalue weighted by Crippen LogP contribution is 2.27. The van der Waals surface area contributed by atoms with Crippen LogP contribution in [0.5, 0.6) is 0 Å². The van der Waals surface area contributed by atoms with Crippen molar-refractivity contribution >= 4 is 11.9 Å². The molecule has 0 spiro atoms. The van der Waals surface area contributed by atoms with Gasteiger partial charge in [0, 0.05) is 19.0 Å². The van der Waals surface area contributed by atoms with Gasteiger partial charge >= 0.3 is 5.97 Å². The van der Waals surface area contributed by atoms with Crippen molar-refractivity contribution < 1.29 is 14.7 Å². The van der Waals surface area contributed by atoms with Crippen LogP contribution in [0.15, 0.2) is 0 Å². The van der Waals surface area contributed by atoms with Crippen LogP contribution in [0.1, 0.15) is 32.6 Å². The molecule has 3 N–H and O–H groups in total. The Hall–Kier alpha value is -1.10. The Labute approximate surface area is 89.2 Å². The van der Waals surface area contributed by atoms with E-state index >= 15 is 0 Å². The van der Waals surface area contributed by atoms with Crippen molar-refractivity contribution in [2.24, 2.45) is 5.73 Å². The lowest BCUT2D eigenvalue weighted by Gasteiger charge is -2.23. The normalized spacial score (nSPS) is 17.2. The molecule has 0 aliphatic heterocycles. The number of amides is 1. The van der Waals surface area contributed by atoms with Crippen LogP contribution in [-0.2, 0) is 9.59 Å². The zero-order chi connectivity index (χ0) is 11.4. The average molecular weight is 214 g/mol. The zero-order valence-electron chi connectivity index (χ0n) is 8.98. The maximum Gasteiger partial charge on any atom is 0.303 e. The van der Waals surface area contributed by atoms with Crippen molar-refractivity contribution in [1.82, 2.24) is 4.90 Å². The smallest absolute Gasteiger partial charge is 0.303 e. The minimum Gasteiger partial charge on any atom is -0.481 e. The predicted molar refractivity (Wildman–Crippen MR) is 55.3 cm³/mol. The summed E-state index contributed by atoms with van der Waals surface area (Å²) in [6.07, 6.45) is 2.27. The highest BCUT2D eigenvalue weighted by atomic mass is 16.4. The molecule has 0 radical (unpaired) electrons. The fourth-order valence-corrected chi connectivity index (χ4v) is 1.60. The van der Waals surface area contributed by atoms with Gasteiger partial charge in [-0.2, -0.15) is 0 Å². The summed E-state index contributed by atoms with van der Waals surface area (Å²) in [6.45, 7) is 2.57. The Morgan fingerprint density at radius 1 is 1.53 bits per heavy atom. The van der Waals surface area contributed by atoms with Crippen LogP contribution in [0, 0.1) is 0 Å². The van der Waals surface area contributed by atoms with Crippen LogP contribution in [0.3, 0.4) is 0 Å². The highest BCUT2D eigenvalue weighted by molar-refractivity contribution is 5.82. The summed E-state index contributed by atoms with van der Waals surface area (Å²) in [5.41, 5.74) is 5.65. The molecule has 0 aromatic heterocycles. The van der Waals surface area contributed by atoms with E-state index in [1.165, 1.54) is 0 Å². The van der Waals surface area contributed by atoms with E-state index in [1.807, 2.05) is 6.92 Å². The minimum absolute atomic E-state index is 0.0465. The van der Waals surface area contributed by atoms with E-state index in [4.69, 9.17) is 10.8 Å². The van der Waals surface area contributed by atoms with Gasteiger partial charge in [0.1, 0.15) is 0 Å². The van der Waals surface area contributed by atoms with E-state index in [0.29, 0.717) is 12.6 Å². The van der Waals surface area contributed by atoms with Gasteiger partial charge in [0.15, 0.2) is 0 Å². The van der Waals surface area contributed by atoms with Crippen LogP contribution in [0.25, 0.3) is 0 Å². The Bertz CT molecular complexity index is 251. The van der Waals surface area contributed by atoms with E-state index in [9.17, 15) is 9.59 Å². The first-order valence-electron chi connectivity index (χ1n) is 5.34. The summed E-state index contributed by atoms with van der Waals surface area (Å²) < 4.78 is 0. The molecule has 1 fully saturated rings. The number of nitrogens with two attached hydrogens (primary N) is 1. The molecule has 0 heterocycles. The molecule has 1 aliphatic rings. The van der Waals surface area contributed by atoms with Gasteiger partial charge in [0.25, 0.3) is 0 Å². The number of likely N-dealkylation sites (N-methyl/N-ethyl adjacent to an activating group) is 1. The van der Waals surface area contributed by atoms with Crippen molar-refractivity contribution in [3.05, 3.63) is 0 Å². The molecule has 5 nitrogen and oxygen atoms in total. The van der Waals surface area contributed by atoms with Crippen LogP contribution in [-0.4, -0.2) is 40.5 Å². The highest BCUT2D eigenvalue weighted by Gasteiger charge is 2.33. The molecule has 0 bridgehead atoms. The molecule has 1 rings (SSSR count). The van der Waals surface area contributed by atoms with E-state index in [2.05, 4.69) is 0 Å². The molecule has 1 atom stereocenters. The maximum atomic E-state index is 11.8. The molecule has 0 aromatic carbocycles. The topological polar surface area (TPSA) is 83.6 Å².